The quantitative estimate of drug-likeness (QED) is 0.600. The molecular formula is C8H13BrF2. The molecule has 0 amide bonds. The van der Waals surface area contributed by atoms with Crippen molar-refractivity contribution in [3.8, 4) is 0 Å². The summed E-state index contributed by atoms with van der Waals surface area (Å²) in [7, 11) is 0. The molecule has 1 fully saturated rings. The van der Waals surface area contributed by atoms with Gasteiger partial charge in [0.05, 0.1) is 0 Å². The second kappa shape index (κ2) is 3.00. The van der Waals surface area contributed by atoms with E-state index in [4.69, 9.17) is 0 Å². The predicted octanol–water partition coefficient (Wildman–Crippen LogP) is 3.60. The summed E-state index contributed by atoms with van der Waals surface area (Å²) in [5.41, 5.74) is 0.113. The minimum Gasteiger partial charge on any atom is -0.207 e. The molecule has 0 unspecified atom stereocenters. The third kappa shape index (κ3) is 2.39. The molecule has 0 spiro atoms. The molecule has 0 radical (unpaired) electrons. The van der Waals surface area contributed by atoms with E-state index in [0.717, 1.165) is 5.33 Å². The van der Waals surface area contributed by atoms with Crippen molar-refractivity contribution in [2.45, 2.75) is 38.5 Å². The maximum absolute atomic E-state index is 12.7. The minimum absolute atomic E-state index is 0.0646. The van der Waals surface area contributed by atoms with Gasteiger partial charge in [-0.2, -0.15) is 0 Å². The lowest BCUT2D eigenvalue weighted by atomic mass is 9.76. The molecule has 1 saturated carbocycles. The molecule has 0 saturated heterocycles. The number of rotatable bonds is 1. The Labute approximate surface area is 74.5 Å². The summed E-state index contributed by atoms with van der Waals surface area (Å²) < 4.78 is 25.3. The van der Waals surface area contributed by atoms with Gasteiger partial charge >= 0.3 is 0 Å². The molecule has 0 N–H and O–H groups in total. The van der Waals surface area contributed by atoms with E-state index in [0.29, 0.717) is 12.8 Å². The fourth-order valence-corrected chi connectivity index (χ4v) is 1.91. The summed E-state index contributed by atoms with van der Waals surface area (Å²) in [6.07, 6.45) is 1.42. The predicted molar refractivity (Wildman–Crippen MR) is 45.3 cm³/mol. The van der Waals surface area contributed by atoms with E-state index in [1.807, 2.05) is 0 Å². The van der Waals surface area contributed by atoms with Crippen molar-refractivity contribution >= 4 is 15.9 Å². The average Bonchev–Trinajstić information content (AvgIpc) is 1.97. The van der Waals surface area contributed by atoms with E-state index in [9.17, 15) is 8.78 Å². The normalized spacial score (nSPS) is 28.4. The van der Waals surface area contributed by atoms with Crippen LogP contribution in [-0.2, 0) is 0 Å². The Kier molecular flexibility index (Phi) is 2.57. The molecule has 66 valence electrons. The van der Waals surface area contributed by atoms with Gasteiger partial charge in [0, 0.05) is 18.2 Å². The van der Waals surface area contributed by atoms with E-state index in [1.165, 1.54) is 0 Å². The molecule has 0 aromatic rings. The van der Waals surface area contributed by atoms with Crippen LogP contribution in [0.15, 0.2) is 0 Å². The van der Waals surface area contributed by atoms with E-state index < -0.39 is 5.92 Å². The second-order valence-corrected chi connectivity index (χ2v) is 4.36. The lowest BCUT2D eigenvalue weighted by Crippen LogP contribution is -2.32. The van der Waals surface area contributed by atoms with Crippen LogP contribution in [0.3, 0.4) is 0 Å². The Bertz CT molecular complexity index is 135. The van der Waals surface area contributed by atoms with E-state index in [1.54, 1.807) is 0 Å². The maximum Gasteiger partial charge on any atom is 0.248 e. The Morgan fingerprint density at radius 3 is 2.00 bits per heavy atom. The first kappa shape index (κ1) is 9.43. The molecular weight excluding hydrogens is 214 g/mol. The van der Waals surface area contributed by atoms with Crippen molar-refractivity contribution in [1.29, 1.82) is 0 Å². The number of hydrogen-bond acceptors (Lipinski definition) is 0. The minimum atomic E-state index is -2.39. The lowest BCUT2D eigenvalue weighted by Gasteiger charge is -2.35. The van der Waals surface area contributed by atoms with Gasteiger partial charge in [-0.3, -0.25) is 0 Å². The summed E-state index contributed by atoms with van der Waals surface area (Å²) in [4.78, 5) is 0. The highest BCUT2D eigenvalue weighted by Gasteiger charge is 2.39. The van der Waals surface area contributed by atoms with Crippen molar-refractivity contribution in [3.63, 3.8) is 0 Å². The fraction of sp³-hybridized carbons (Fsp3) is 1.00. The molecule has 1 aliphatic rings. The first-order valence-corrected chi connectivity index (χ1v) is 5.03. The summed E-state index contributed by atoms with van der Waals surface area (Å²) in [5, 5.41) is 0.843. The van der Waals surface area contributed by atoms with Gasteiger partial charge in [-0.1, -0.05) is 22.9 Å². The third-order valence-corrected chi connectivity index (χ3v) is 3.86. The molecule has 3 heteroatoms. The molecule has 0 aromatic carbocycles. The maximum atomic E-state index is 12.7. The van der Waals surface area contributed by atoms with E-state index in [2.05, 4.69) is 22.9 Å². The van der Waals surface area contributed by atoms with Crippen molar-refractivity contribution in [2.24, 2.45) is 5.41 Å². The molecule has 11 heavy (non-hydrogen) atoms. The van der Waals surface area contributed by atoms with E-state index >= 15 is 0 Å². The third-order valence-electron chi connectivity index (χ3n) is 2.51. The first-order chi connectivity index (χ1) is 4.97. The zero-order valence-corrected chi connectivity index (χ0v) is 8.26. The monoisotopic (exact) mass is 226 g/mol. The van der Waals surface area contributed by atoms with Crippen molar-refractivity contribution < 1.29 is 8.78 Å². The molecule has 0 atom stereocenters. The van der Waals surface area contributed by atoms with Crippen LogP contribution < -0.4 is 0 Å². The van der Waals surface area contributed by atoms with Gasteiger partial charge in [0.2, 0.25) is 5.92 Å². The van der Waals surface area contributed by atoms with Crippen LogP contribution >= 0.6 is 15.9 Å². The zero-order valence-electron chi connectivity index (χ0n) is 6.67. The molecule has 1 rings (SSSR count). The molecule has 0 heterocycles. The smallest absolute Gasteiger partial charge is 0.207 e. The van der Waals surface area contributed by atoms with Crippen LogP contribution in [0.5, 0.6) is 0 Å². The van der Waals surface area contributed by atoms with Crippen molar-refractivity contribution in [1.82, 2.24) is 0 Å². The Balaban J connectivity index is 2.48. The lowest BCUT2D eigenvalue weighted by molar-refractivity contribution is -0.0587. The van der Waals surface area contributed by atoms with Gasteiger partial charge < -0.3 is 0 Å². The summed E-state index contributed by atoms with van der Waals surface area (Å²) in [6, 6.07) is 0. The van der Waals surface area contributed by atoms with Crippen LogP contribution in [0.4, 0.5) is 8.78 Å². The molecule has 0 aliphatic heterocycles. The zero-order chi connectivity index (χ0) is 8.54. The molecule has 1 aliphatic carbocycles. The number of hydrogen-bond donors (Lipinski definition) is 0. The van der Waals surface area contributed by atoms with Crippen LogP contribution in [0.25, 0.3) is 0 Å². The number of halogens is 3. The van der Waals surface area contributed by atoms with Gasteiger partial charge in [-0.15, -0.1) is 0 Å². The van der Waals surface area contributed by atoms with Gasteiger partial charge in [0.25, 0.3) is 0 Å². The highest BCUT2D eigenvalue weighted by molar-refractivity contribution is 9.09. The molecule has 0 aromatic heterocycles. The van der Waals surface area contributed by atoms with Crippen LogP contribution in [0.1, 0.15) is 32.6 Å². The fourth-order valence-electron chi connectivity index (χ4n) is 1.35. The Morgan fingerprint density at radius 1 is 1.18 bits per heavy atom. The van der Waals surface area contributed by atoms with Crippen molar-refractivity contribution in [2.75, 3.05) is 5.33 Å². The largest absolute Gasteiger partial charge is 0.248 e. The van der Waals surface area contributed by atoms with Gasteiger partial charge in [-0.25, -0.2) is 8.78 Å². The highest BCUT2D eigenvalue weighted by atomic mass is 79.9. The molecule has 0 bridgehead atoms. The number of alkyl halides is 3. The topological polar surface area (TPSA) is 0 Å². The Hall–Kier alpha value is 0.340. The van der Waals surface area contributed by atoms with Gasteiger partial charge in [0.15, 0.2) is 0 Å². The SMILES string of the molecule is CC1(CBr)CCC(F)(F)CC1. The summed E-state index contributed by atoms with van der Waals surface area (Å²) in [5.74, 6) is -2.39. The molecule has 0 nitrogen and oxygen atoms in total. The average molecular weight is 227 g/mol. The second-order valence-electron chi connectivity index (χ2n) is 3.80. The van der Waals surface area contributed by atoms with Crippen LogP contribution in [0.2, 0.25) is 0 Å². The van der Waals surface area contributed by atoms with Gasteiger partial charge in [-0.05, 0) is 18.3 Å². The van der Waals surface area contributed by atoms with E-state index in [-0.39, 0.29) is 18.3 Å². The Morgan fingerprint density at radius 2 is 1.64 bits per heavy atom. The van der Waals surface area contributed by atoms with Gasteiger partial charge in [0.1, 0.15) is 0 Å². The summed E-state index contributed by atoms with van der Waals surface area (Å²) >= 11 is 3.36. The van der Waals surface area contributed by atoms with Crippen molar-refractivity contribution in [3.05, 3.63) is 0 Å². The summed E-state index contributed by atoms with van der Waals surface area (Å²) in [6.45, 7) is 2.07. The first-order valence-electron chi connectivity index (χ1n) is 3.91. The van der Waals surface area contributed by atoms with Crippen LogP contribution in [0, 0.1) is 5.41 Å². The standard InChI is InChI=1S/C8H13BrF2/c1-7(6-9)2-4-8(10,11)5-3-7/h2-6H2,1H3. The van der Waals surface area contributed by atoms with Crippen LogP contribution in [-0.4, -0.2) is 11.3 Å². The highest BCUT2D eigenvalue weighted by Crippen LogP contribution is 2.43.